The number of nitriles is 2. The Bertz CT molecular complexity index is 575. The average molecular weight is 269 g/mol. The highest BCUT2D eigenvalue weighted by molar-refractivity contribution is 7.91. The Labute approximate surface area is 105 Å². The molecule has 0 saturated heterocycles. The van der Waals surface area contributed by atoms with E-state index in [0.717, 1.165) is 15.6 Å². The molecule has 0 fully saturated rings. The highest BCUT2D eigenvalue weighted by atomic mass is 32.2. The van der Waals surface area contributed by atoms with Gasteiger partial charge < -0.3 is 0 Å². The second kappa shape index (κ2) is 5.28. The van der Waals surface area contributed by atoms with Crippen LogP contribution in [-0.4, -0.2) is 25.3 Å². The number of nitrogens with zero attached hydrogens (tertiary/aromatic N) is 3. The van der Waals surface area contributed by atoms with Crippen LogP contribution in [-0.2, 0) is 10.0 Å². The second-order valence-corrected chi connectivity index (χ2v) is 6.73. The Hall–Kier alpha value is -1.41. The van der Waals surface area contributed by atoms with Crippen LogP contribution in [0.2, 0.25) is 0 Å². The van der Waals surface area contributed by atoms with Crippen LogP contribution in [0.5, 0.6) is 0 Å². The zero-order valence-electron chi connectivity index (χ0n) is 9.41. The second-order valence-electron chi connectivity index (χ2n) is 3.53. The van der Waals surface area contributed by atoms with Crippen molar-refractivity contribution in [2.45, 2.75) is 24.1 Å². The first-order valence-electron chi connectivity index (χ1n) is 4.82. The van der Waals surface area contributed by atoms with Crippen molar-refractivity contribution in [3.63, 3.8) is 0 Å². The number of hydrogen-bond donors (Lipinski definition) is 0. The van der Waals surface area contributed by atoms with Gasteiger partial charge in [-0.05, 0) is 26.0 Å². The predicted molar refractivity (Wildman–Crippen MR) is 63.7 cm³/mol. The van der Waals surface area contributed by atoms with E-state index in [2.05, 4.69) is 0 Å². The third kappa shape index (κ3) is 2.83. The normalized spacial score (nSPS) is 11.4. The summed E-state index contributed by atoms with van der Waals surface area (Å²) in [6, 6.07) is 6.28. The minimum absolute atomic E-state index is 0.0954. The van der Waals surface area contributed by atoms with E-state index < -0.39 is 10.0 Å². The highest BCUT2D eigenvalue weighted by Gasteiger charge is 2.28. The van der Waals surface area contributed by atoms with Gasteiger partial charge in [0.25, 0.3) is 10.0 Å². The Kier molecular flexibility index (Phi) is 4.24. The predicted octanol–water partition coefficient (Wildman–Crippen LogP) is 1.54. The topological polar surface area (TPSA) is 85.0 Å². The summed E-state index contributed by atoms with van der Waals surface area (Å²) in [5.41, 5.74) is 0. The molecule has 0 amide bonds. The molecule has 0 bridgehead atoms. The molecule has 0 aromatic carbocycles. The smallest absolute Gasteiger partial charge is 0.206 e. The van der Waals surface area contributed by atoms with Crippen LogP contribution in [0.1, 0.15) is 18.7 Å². The molecule has 7 heteroatoms. The van der Waals surface area contributed by atoms with Crippen molar-refractivity contribution in [2.24, 2.45) is 0 Å². The van der Waals surface area contributed by atoms with Gasteiger partial charge in [-0.25, -0.2) is 8.42 Å². The van der Waals surface area contributed by atoms with Crippen LogP contribution >= 0.6 is 11.3 Å². The Balaban J connectivity index is 3.18. The molecule has 1 aromatic rings. The maximum absolute atomic E-state index is 12.2. The lowest BCUT2D eigenvalue weighted by molar-refractivity contribution is 0.386. The van der Waals surface area contributed by atoms with Gasteiger partial charge in [0.15, 0.2) is 0 Å². The molecular weight excluding hydrogens is 258 g/mol. The molecule has 0 aliphatic rings. The quantitative estimate of drug-likeness (QED) is 0.776. The van der Waals surface area contributed by atoms with Crippen LogP contribution in [0.3, 0.4) is 0 Å². The minimum Gasteiger partial charge on any atom is -0.206 e. The van der Waals surface area contributed by atoms with Gasteiger partial charge in [-0.1, -0.05) is 0 Å². The first kappa shape index (κ1) is 13.7. The van der Waals surface area contributed by atoms with Crippen molar-refractivity contribution in [2.75, 3.05) is 6.54 Å². The van der Waals surface area contributed by atoms with Gasteiger partial charge in [-0.3, -0.25) is 0 Å². The first-order valence-corrected chi connectivity index (χ1v) is 7.08. The molecule has 0 aliphatic heterocycles. The van der Waals surface area contributed by atoms with E-state index in [0.29, 0.717) is 4.88 Å². The fourth-order valence-electron chi connectivity index (χ4n) is 1.25. The number of rotatable bonds is 4. The van der Waals surface area contributed by atoms with Crippen molar-refractivity contribution in [3.8, 4) is 12.1 Å². The van der Waals surface area contributed by atoms with E-state index in [1.54, 1.807) is 13.8 Å². The standard InChI is InChI=1S/C10H11N3O2S2/c1-8(2)13(6-5-11)17(14,15)10-4-3-9(7-12)16-10/h3-4,8H,6H2,1-2H3. The van der Waals surface area contributed by atoms with Crippen LogP contribution in [0.25, 0.3) is 0 Å². The van der Waals surface area contributed by atoms with Gasteiger partial charge in [0.05, 0.1) is 6.07 Å². The van der Waals surface area contributed by atoms with Crippen LogP contribution in [0, 0.1) is 22.7 Å². The van der Waals surface area contributed by atoms with Gasteiger partial charge in [0.2, 0.25) is 0 Å². The minimum atomic E-state index is -3.67. The molecule has 90 valence electrons. The SMILES string of the molecule is CC(C)N(CC#N)S(=O)(=O)c1ccc(C#N)s1. The molecule has 0 aliphatic carbocycles. The summed E-state index contributed by atoms with van der Waals surface area (Å²) in [5, 5.41) is 17.3. The van der Waals surface area contributed by atoms with E-state index in [9.17, 15) is 8.42 Å². The van der Waals surface area contributed by atoms with Crippen LogP contribution < -0.4 is 0 Å². The zero-order valence-corrected chi connectivity index (χ0v) is 11.0. The lowest BCUT2D eigenvalue weighted by Crippen LogP contribution is -2.36. The molecule has 1 rings (SSSR count). The largest absolute Gasteiger partial charge is 0.253 e. The molecular formula is C10H11N3O2S2. The molecule has 17 heavy (non-hydrogen) atoms. The summed E-state index contributed by atoms with van der Waals surface area (Å²) < 4.78 is 25.5. The third-order valence-corrected chi connectivity index (χ3v) is 5.54. The molecule has 1 aromatic heterocycles. The van der Waals surface area contributed by atoms with Crippen molar-refractivity contribution in [3.05, 3.63) is 17.0 Å². The molecule has 0 N–H and O–H groups in total. The monoisotopic (exact) mass is 269 g/mol. The van der Waals surface area contributed by atoms with Crippen molar-refractivity contribution in [1.29, 1.82) is 10.5 Å². The molecule has 1 heterocycles. The van der Waals surface area contributed by atoms with E-state index in [1.165, 1.54) is 12.1 Å². The zero-order chi connectivity index (χ0) is 13.1. The maximum Gasteiger partial charge on any atom is 0.253 e. The van der Waals surface area contributed by atoms with Crippen LogP contribution in [0.15, 0.2) is 16.3 Å². The van der Waals surface area contributed by atoms with Crippen LogP contribution in [0.4, 0.5) is 0 Å². The molecule has 0 unspecified atom stereocenters. The highest BCUT2D eigenvalue weighted by Crippen LogP contribution is 2.25. The van der Waals surface area contributed by atoms with Gasteiger partial charge >= 0.3 is 0 Å². The lowest BCUT2D eigenvalue weighted by Gasteiger charge is -2.21. The number of sulfonamides is 1. The van der Waals surface area contributed by atoms with Gasteiger partial charge in [-0.15, -0.1) is 11.3 Å². The summed E-state index contributed by atoms with van der Waals surface area (Å²) in [6.45, 7) is 3.21. The van der Waals surface area contributed by atoms with E-state index in [4.69, 9.17) is 10.5 Å². The van der Waals surface area contributed by atoms with Gasteiger partial charge in [0, 0.05) is 6.04 Å². The van der Waals surface area contributed by atoms with Crippen molar-refractivity contribution >= 4 is 21.4 Å². The molecule has 5 nitrogen and oxygen atoms in total. The number of thiophene rings is 1. The third-order valence-electron chi connectivity index (χ3n) is 2.06. The molecule has 0 radical (unpaired) electrons. The van der Waals surface area contributed by atoms with E-state index in [-0.39, 0.29) is 16.8 Å². The summed E-state index contributed by atoms with van der Waals surface area (Å²) in [5.74, 6) is 0. The van der Waals surface area contributed by atoms with Gasteiger partial charge in [-0.2, -0.15) is 14.8 Å². The Morgan fingerprint density at radius 1 is 1.41 bits per heavy atom. The molecule has 0 saturated carbocycles. The summed E-state index contributed by atoms with van der Waals surface area (Å²) in [7, 11) is -3.67. The van der Waals surface area contributed by atoms with Crippen molar-refractivity contribution in [1.82, 2.24) is 4.31 Å². The maximum atomic E-state index is 12.2. The van der Waals surface area contributed by atoms with E-state index >= 15 is 0 Å². The fourth-order valence-corrected chi connectivity index (χ4v) is 4.02. The van der Waals surface area contributed by atoms with E-state index in [1.807, 2.05) is 12.1 Å². The summed E-state index contributed by atoms with van der Waals surface area (Å²) in [6.07, 6.45) is 0. The molecule has 0 spiro atoms. The van der Waals surface area contributed by atoms with Gasteiger partial charge in [0.1, 0.15) is 21.7 Å². The fraction of sp³-hybridized carbons (Fsp3) is 0.400. The summed E-state index contributed by atoms with van der Waals surface area (Å²) in [4.78, 5) is 0.337. The Morgan fingerprint density at radius 3 is 2.47 bits per heavy atom. The lowest BCUT2D eigenvalue weighted by atomic mass is 10.4. The Morgan fingerprint density at radius 2 is 2.06 bits per heavy atom. The first-order chi connectivity index (χ1) is 7.93. The van der Waals surface area contributed by atoms with Crippen molar-refractivity contribution < 1.29 is 8.42 Å². The number of hydrogen-bond acceptors (Lipinski definition) is 5. The average Bonchev–Trinajstić information content (AvgIpc) is 2.74. The molecule has 0 atom stereocenters. The summed E-state index contributed by atoms with van der Waals surface area (Å²) >= 11 is 0.911.